The van der Waals surface area contributed by atoms with Crippen molar-refractivity contribution < 1.29 is 9.47 Å². The Morgan fingerprint density at radius 2 is 1.89 bits per heavy atom. The van der Waals surface area contributed by atoms with Gasteiger partial charge in [0.2, 0.25) is 0 Å². The lowest BCUT2D eigenvalue weighted by molar-refractivity contribution is -0.0472. The first-order chi connectivity index (χ1) is 9.28. The Morgan fingerprint density at radius 1 is 1.16 bits per heavy atom. The average molecular weight is 374 g/mol. The van der Waals surface area contributed by atoms with E-state index >= 15 is 0 Å². The van der Waals surface area contributed by atoms with Crippen LogP contribution in [0.25, 0.3) is 0 Å². The van der Waals surface area contributed by atoms with Gasteiger partial charge in [-0.1, -0.05) is 60.4 Å². The molecule has 0 aromatic heterocycles. The van der Waals surface area contributed by atoms with E-state index in [9.17, 15) is 0 Å². The van der Waals surface area contributed by atoms with Gasteiger partial charge in [-0.2, -0.15) is 0 Å². The van der Waals surface area contributed by atoms with Crippen molar-refractivity contribution in [1.29, 1.82) is 0 Å². The van der Waals surface area contributed by atoms with Crippen LogP contribution < -0.4 is 4.74 Å². The van der Waals surface area contributed by atoms with E-state index in [-0.39, 0.29) is 5.60 Å². The van der Waals surface area contributed by atoms with Gasteiger partial charge in [0.1, 0.15) is 5.75 Å². The highest BCUT2D eigenvalue weighted by atomic mass is 127. The normalized spacial score (nSPS) is 18.8. The number of ether oxygens (including phenoxy) is 2. The van der Waals surface area contributed by atoms with Crippen LogP contribution in [0.1, 0.15) is 44.1 Å². The van der Waals surface area contributed by atoms with Crippen LogP contribution in [0.4, 0.5) is 0 Å². The molecule has 0 bridgehead atoms. The molecule has 19 heavy (non-hydrogen) atoms. The van der Waals surface area contributed by atoms with Crippen LogP contribution in [0, 0.1) is 0 Å². The summed E-state index contributed by atoms with van der Waals surface area (Å²) in [4.78, 5) is 0. The molecule has 1 saturated carbocycles. The summed E-state index contributed by atoms with van der Waals surface area (Å²) in [6.45, 7) is 0.695. The van der Waals surface area contributed by atoms with Crippen LogP contribution in [-0.4, -0.2) is 17.1 Å². The number of hydrogen-bond donors (Lipinski definition) is 0. The van der Waals surface area contributed by atoms with Crippen molar-refractivity contribution in [2.45, 2.75) is 50.7 Å². The van der Waals surface area contributed by atoms with Crippen LogP contribution in [0.5, 0.6) is 5.75 Å². The Balaban J connectivity index is 1.98. The highest BCUT2D eigenvalue weighted by molar-refractivity contribution is 14.1. The monoisotopic (exact) mass is 374 g/mol. The van der Waals surface area contributed by atoms with Crippen LogP contribution in [-0.2, 0) is 11.3 Å². The quantitative estimate of drug-likeness (QED) is 0.421. The molecule has 0 radical (unpaired) electrons. The maximum atomic E-state index is 6.32. The number of alkyl halides is 1. The number of hydrogen-bond acceptors (Lipinski definition) is 2. The molecule has 106 valence electrons. The number of halogens is 1. The van der Waals surface area contributed by atoms with Crippen molar-refractivity contribution in [2.24, 2.45) is 0 Å². The lowest BCUT2D eigenvalue weighted by Crippen LogP contribution is -2.33. The van der Waals surface area contributed by atoms with E-state index in [2.05, 4.69) is 34.7 Å². The molecule has 3 heteroatoms. The molecule has 0 heterocycles. The Kier molecular flexibility index (Phi) is 5.95. The van der Waals surface area contributed by atoms with Crippen molar-refractivity contribution in [3.05, 3.63) is 29.8 Å². The highest BCUT2D eigenvalue weighted by Gasteiger charge is 2.30. The lowest BCUT2D eigenvalue weighted by Gasteiger charge is -2.31. The molecule has 0 spiro atoms. The van der Waals surface area contributed by atoms with E-state index in [1.165, 1.54) is 44.1 Å². The zero-order valence-corrected chi connectivity index (χ0v) is 13.8. The van der Waals surface area contributed by atoms with E-state index < -0.39 is 0 Å². The van der Waals surface area contributed by atoms with Gasteiger partial charge in [-0.05, 0) is 30.5 Å². The molecule has 0 aliphatic heterocycles. The summed E-state index contributed by atoms with van der Waals surface area (Å²) in [5.41, 5.74) is 1.30. The molecule has 0 atom stereocenters. The fourth-order valence-electron chi connectivity index (χ4n) is 2.69. The standard InChI is InChI=1S/C16H23IO2/c1-18-15-8-6-7-14(11-15)12-19-16(13-17)9-4-2-3-5-10-16/h6-8,11H,2-5,9-10,12-13H2,1H3. The first-order valence-electron chi connectivity index (χ1n) is 7.11. The van der Waals surface area contributed by atoms with E-state index in [0.717, 1.165) is 10.2 Å². The van der Waals surface area contributed by atoms with Crippen LogP contribution in [0.15, 0.2) is 24.3 Å². The van der Waals surface area contributed by atoms with Crippen molar-refractivity contribution in [3.8, 4) is 5.75 Å². The predicted molar refractivity (Wildman–Crippen MR) is 87.1 cm³/mol. The largest absolute Gasteiger partial charge is 0.497 e. The van der Waals surface area contributed by atoms with Gasteiger partial charge in [0.05, 0.1) is 19.3 Å². The Hall–Kier alpha value is -0.290. The van der Waals surface area contributed by atoms with Crippen molar-refractivity contribution in [3.63, 3.8) is 0 Å². The average Bonchev–Trinajstić information content (AvgIpc) is 2.71. The summed E-state index contributed by atoms with van der Waals surface area (Å²) < 4.78 is 12.7. The number of methoxy groups -OCH3 is 1. The molecule has 0 N–H and O–H groups in total. The van der Waals surface area contributed by atoms with Crippen LogP contribution >= 0.6 is 22.6 Å². The fraction of sp³-hybridized carbons (Fsp3) is 0.625. The molecule has 1 aliphatic carbocycles. The molecular weight excluding hydrogens is 351 g/mol. The Morgan fingerprint density at radius 3 is 2.53 bits per heavy atom. The highest BCUT2D eigenvalue weighted by Crippen LogP contribution is 2.33. The van der Waals surface area contributed by atoms with Gasteiger partial charge in [0, 0.05) is 4.43 Å². The minimum absolute atomic E-state index is 0.0974. The second-order valence-electron chi connectivity index (χ2n) is 5.37. The van der Waals surface area contributed by atoms with E-state index in [1.54, 1.807) is 7.11 Å². The van der Waals surface area contributed by atoms with Gasteiger partial charge in [-0.25, -0.2) is 0 Å². The molecule has 1 aromatic carbocycles. The third-order valence-corrected chi connectivity index (χ3v) is 5.33. The summed E-state index contributed by atoms with van der Waals surface area (Å²) >= 11 is 2.48. The molecular formula is C16H23IO2. The Labute approximate surface area is 130 Å². The molecule has 1 aromatic rings. The molecule has 1 fully saturated rings. The first kappa shape index (κ1) is 15.1. The minimum Gasteiger partial charge on any atom is -0.497 e. The molecule has 1 aliphatic rings. The zero-order valence-electron chi connectivity index (χ0n) is 11.7. The van der Waals surface area contributed by atoms with Crippen molar-refractivity contribution in [2.75, 3.05) is 11.5 Å². The second-order valence-corrected chi connectivity index (χ2v) is 6.13. The third kappa shape index (κ3) is 4.35. The third-order valence-electron chi connectivity index (χ3n) is 3.94. The van der Waals surface area contributed by atoms with E-state index in [0.29, 0.717) is 6.61 Å². The topological polar surface area (TPSA) is 18.5 Å². The molecule has 2 rings (SSSR count). The van der Waals surface area contributed by atoms with Gasteiger partial charge in [0.15, 0.2) is 0 Å². The van der Waals surface area contributed by atoms with Gasteiger partial charge >= 0.3 is 0 Å². The number of rotatable bonds is 5. The van der Waals surface area contributed by atoms with Crippen molar-refractivity contribution in [1.82, 2.24) is 0 Å². The van der Waals surface area contributed by atoms with Gasteiger partial charge in [0.25, 0.3) is 0 Å². The van der Waals surface area contributed by atoms with E-state index in [1.807, 2.05) is 12.1 Å². The van der Waals surface area contributed by atoms with E-state index in [4.69, 9.17) is 9.47 Å². The van der Waals surface area contributed by atoms with Crippen LogP contribution in [0.2, 0.25) is 0 Å². The van der Waals surface area contributed by atoms with Crippen LogP contribution in [0.3, 0.4) is 0 Å². The lowest BCUT2D eigenvalue weighted by atomic mass is 9.96. The minimum atomic E-state index is 0.0974. The van der Waals surface area contributed by atoms with Gasteiger partial charge < -0.3 is 9.47 Å². The fourth-order valence-corrected chi connectivity index (χ4v) is 3.67. The molecule has 0 unspecified atom stereocenters. The molecule has 0 saturated heterocycles. The summed E-state index contributed by atoms with van der Waals surface area (Å²) in [7, 11) is 1.71. The predicted octanol–water partition coefficient (Wildman–Crippen LogP) is 4.74. The Bertz CT molecular complexity index is 384. The summed E-state index contributed by atoms with van der Waals surface area (Å²) in [6.07, 6.45) is 7.75. The second kappa shape index (κ2) is 7.48. The smallest absolute Gasteiger partial charge is 0.119 e. The van der Waals surface area contributed by atoms with Gasteiger partial charge in [-0.3, -0.25) is 0 Å². The molecule has 0 amide bonds. The zero-order chi connectivity index (χ0) is 13.6. The first-order valence-corrected chi connectivity index (χ1v) is 8.63. The molecule has 2 nitrogen and oxygen atoms in total. The van der Waals surface area contributed by atoms with Gasteiger partial charge in [-0.15, -0.1) is 0 Å². The maximum Gasteiger partial charge on any atom is 0.119 e. The van der Waals surface area contributed by atoms with Crippen molar-refractivity contribution >= 4 is 22.6 Å². The maximum absolute atomic E-state index is 6.32. The number of benzene rings is 1. The summed E-state index contributed by atoms with van der Waals surface area (Å²) in [5.74, 6) is 0.908. The summed E-state index contributed by atoms with van der Waals surface area (Å²) in [6, 6.07) is 8.18. The SMILES string of the molecule is COc1cccc(COC2(CI)CCCCCC2)c1. The summed E-state index contributed by atoms with van der Waals surface area (Å²) in [5, 5.41) is 0.